The van der Waals surface area contributed by atoms with Crippen LogP contribution in [0.5, 0.6) is 0 Å². The number of rotatable bonds is 2. The number of anilines is 1. The molecule has 2 nitrogen and oxygen atoms in total. The molecule has 1 rings (SSSR count). The number of ketones is 1. The summed E-state index contributed by atoms with van der Waals surface area (Å²) >= 11 is 0. The van der Waals surface area contributed by atoms with E-state index in [1.54, 1.807) is 7.05 Å². The summed E-state index contributed by atoms with van der Waals surface area (Å²) in [6, 6.07) is 2.17. The van der Waals surface area contributed by atoms with Crippen LogP contribution in [-0.2, 0) is 0 Å². The van der Waals surface area contributed by atoms with Gasteiger partial charge in [-0.2, -0.15) is 0 Å². The minimum absolute atomic E-state index is 0.306. The molecule has 13 heavy (non-hydrogen) atoms. The number of hydrogen-bond acceptors (Lipinski definition) is 2. The van der Waals surface area contributed by atoms with E-state index in [0.29, 0.717) is 5.69 Å². The van der Waals surface area contributed by atoms with Crippen LogP contribution in [0, 0.1) is 11.6 Å². The maximum atomic E-state index is 13.0. The van der Waals surface area contributed by atoms with Crippen molar-refractivity contribution < 1.29 is 13.6 Å². The number of carbonyl (C=O) groups excluding carboxylic acids is 1. The molecule has 0 amide bonds. The lowest BCUT2D eigenvalue weighted by Gasteiger charge is -2.04. The lowest BCUT2D eigenvalue weighted by Crippen LogP contribution is -2.03. The van der Waals surface area contributed by atoms with Crippen molar-refractivity contribution in [2.45, 2.75) is 6.92 Å². The molecule has 0 saturated carbocycles. The number of nitrogens with one attached hydrogen (secondary N) is 1. The van der Waals surface area contributed by atoms with E-state index in [2.05, 4.69) is 5.32 Å². The molecule has 0 unspecified atom stereocenters. The summed E-state index contributed by atoms with van der Waals surface area (Å²) in [5, 5.41) is 2.58. The second-order valence-corrected chi connectivity index (χ2v) is 2.62. The summed E-state index contributed by atoms with van der Waals surface area (Å²) in [5.41, 5.74) is -0.181. The summed E-state index contributed by atoms with van der Waals surface area (Å²) in [7, 11) is 1.54. The Bertz CT molecular complexity index is 326. The standard InChI is InChI=1S/C9H9F2NO/c1-5(13)9-7(10)3-6(12-2)4-8(9)11/h3-4,12H,1-2H3. The summed E-state index contributed by atoms with van der Waals surface area (Å²) in [4.78, 5) is 10.8. The van der Waals surface area contributed by atoms with E-state index >= 15 is 0 Å². The largest absolute Gasteiger partial charge is 0.388 e. The summed E-state index contributed by atoms with van der Waals surface area (Å²) in [6.45, 7) is 1.13. The van der Waals surface area contributed by atoms with Gasteiger partial charge in [-0.05, 0) is 19.1 Å². The van der Waals surface area contributed by atoms with Crippen LogP contribution in [0.2, 0.25) is 0 Å². The van der Waals surface area contributed by atoms with Gasteiger partial charge in [0, 0.05) is 12.7 Å². The summed E-state index contributed by atoms with van der Waals surface area (Å²) in [5.74, 6) is -2.29. The molecule has 0 atom stereocenters. The first kappa shape index (κ1) is 9.64. The quantitative estimate of drug-likeness (QED) is 0.715. The Balaban J connectivity index is 3.31. The van der Waals surface area contributed by atoms with Crippen LogP contribution in [0.25, 0.3) is 0 Å². The predicted octanol–water partition coefficient (Wildman–Crippen LogP) is 2.21. The molecular weight excluding hydrogens is 176 g/mol. The molecule has 0 heterocycles. The monoisotopic (exact) mass is 185 g/mol. The van der Waals surface area contributed by atoms with Crippen LogP contribution in [0.15, 0.2) is 12.1 Å². The smallest absolute Gasteiger partial charge is 0.165 e. The van der Waals surface area contributed by atoms with Crippen LogP contribution in [-0.4, -0.2) is 12.8 Å². The highest BCUT2D eigenvalue weighted by Crippen LogP contribution is 2.18. The van der Waals surface area contributed by atoms with Gasteiger partial charge in [-0.3, -0.25) is 4.79 Å². The van der Waals surface area contributed by atoms with Crippen molar-refractivity contribution in [3.8, 4) is 0 Å². The summed E-state index contributed by atoms with van der Waals surface area (Å²) < 4.78 is 26.1. The van der Waals surface area contributed by atoms with Gasteiger partial charge in [0.2, 0.25) is 0 Å². The minimum atomic E-state index is -0.836. The SMILES string of the molecule is CNc1cc(F)c(C(C)=O)c(F)c1. The van der Waals surface area contributed by atoms with E-state index in [9.17, 15) is 13.6 Å². The minimum Gasteiger partial charge on any atom is -0.388 e. The van der Waals surface area contributed by atoms with Gasteiger partial charge < -0.3 is 5.32 Å². The van der Waals surface area contributed by atoms with Crippen molar-refractivity contribution in [1.82, 2.24) is 0 Å². The summed E-state index contributed by atoms with van der Waals surface area (Å²) in [6.07, 6.45) is 0. The fourth-order valence-corrected chi connectivity index (χ4v) is 1.05. The third-order valence-electron chi connectivity index (χ3n) is 1.68. The van der Waals surface area contributed by atoms with E-state index in [1.165, 1.54) is 0 Å². The normalized spacial score (nSPS) is 9.85. The van der Waals surface area contributed by atoms with E-state index in [-0.39, 0.29) is 0 Å². The Kier molecular flexibility index (Phi) is 2.60. The van der Waals surface area contributed by atoms with Gasteiger partial charge >= 0.3 is 0 Å². The molecule has 0 radical (unpaired) electrons. The van der Waals surface area contributed by atoms with Crippen LogP contribution >= 0.6 is 0 Å². The van der Waals surface area contributed by atoms with Crippen LogP contribution in [0.4, 0.5) is 14.5 Å². The second kappa shape index (κ2) is 3.51. The van der Waals surface area contributed by atoms with Crippen molar-refractivity contribution in [3.05, 3.63) is 29.3 Å². The van der Waals surface area contributed by atoms with Gasteiger partial charge in [0.05, 0.1) is 5.56 Å². The van der Waals surface area contributed by atoms with Crippen LogP contribution in [0.3, 0.4) is 0 Å². The highest BCUT2D eigenvalue weighted by atomic mass is 19.1. The van der Waals surface area contributed by atoms with E-state index < -0.39 is 23.0 Å². The molecule has 0 aliphatic carbocycles. The molecular formula is C9H9F2NO. The Morgan fingerprint density at radius 1 is 1.31 bits per heavy atom. The van der Waals surface area contributed by atoms with Crippen molar-refractivity contribution in [1.29, 1.82) is 0 Å². The molecule has 0 aromatic heterocycles. The number of Topliss-reactive ketones (excluding diaryl/α,β-unsaturated/α-hetero) is 1. The Labute approximate surface area is 74.6 Å². The number of hydrogen-bond donors (Lipinski definition) is 1. The average Bonchev–Trinajstić information content (AvgIpc) is 2.02. The molecule has 1 N–H and O–H groups in total. The zero-order valence-electron chi connectivity index (χ0n) is 7.32. The van der Waals surface area contributed by atoms with Gasteiger partial charge in [0.15, 0.2) is 5.78 Å². The Morgan fingerprint density at radius 3 is 2.08 bits per heavy atom. The van der Waals surface area contributed by atoms with Crippen molar-refractivity contribution in [2.75, 3.05) is 12.4 Å². The van der Waals surface area contributed by atoms with Crippen LogP contribution < -0.4 is 5.32 Å². The average molecular weight is 185 g/mol. The van der Waals surface area contributed by atoms with Crippen molar-refractivity contribution in [3.63, 3.8) is 0 Å². The fraction of sp³-hybridized carbons (Fsp3) is 0.222. The predicted molar refractivity (Wildman–Crippen MR) is 45.9 cm³/mol. The van der Waals surface area contributed by atoms with Gasteiger partial charge in [-0.15, -0.1) is 0 Å². The maximum absolute atomic E-state index is 13.0. The van der Waals surface area contributed by atoms with E-state index in [1.807, 2.05) is 0 Å². The van der Waals surface area contributed by atoms with Gasteiger partial charge in [-0.1, -0.05) is 0 Å². The second-order valence-electron chi connectivity index (χ2n) is 2.62. The van der Waals surface area contributed by atoms with Crippen molar-refractivity contribution >= 4 is 11.5 Å². The third kappa shape index (κ3) is 1.83. The van der Waals surface area contributed by atoms with Crippen molar-refractivity contribution in [2.24, 2.45) is 0 Å². The molecule has 1 aromatic carbocycles. The number of halogens is 2. The highest BCUT2D eigenvalue weighted by Gasteiger charge is 2.14. The molecule has 70 valence electrons. The fourth-order valence-electron chi connectivity index (χ4n) is 1.05. The molecule has 0 saturated heterocycles. The Hall–Kier alpha value is -1.45. The lowest BCUT2D eigenvalue weighted by molar-refractivity contribution is 0.101. The third-order valence-corrected chi connectivity index (χ3v) is 1.68. The topological polar surface area (TPSA) is 29.1 Å². The number of benzene rings is 1. The molecule has 0 spiro atoms. The molecule has 0 aliphatic rings. The number of carbonyl (C=O) groups is 1. The first-order valence-corrected chi connectivity index (χ1v) is 3.74. The lowest BCUT2D eigenvalue weighted by atomic mass is 10.1. The first-order valence-electron chi connectivity index (χ1n) is 3.74. The van der Waals surface area contributed by atoms with Gasteiger partial charge in [0.25, 0.3) is 0 Å². The van der Waals surface area contributed by atoms with Gasteiger partial charge in [-0.25, -0.2) is 8.78 Å². The zero-order chi connectivity index (χ0) is 10.0. The molecule has 0 fully saturated rings. The van der Waals surface area contributed by atoms with E-state index in [0.717, 1.165) is 19.1 Å². The van der Waals surface area contributed by atoms with E-state index in [4.69, 9.17) is 0 Å². The zero-order valence-corrected chi connectivity index (χ0v) is 7.32. The Morgan fingerprint density at radius 2 is 1.77 bits per heavy atom. The molecule has 4 heteroatoms. The molecule has 0 aliphatic heterocycles. The first-order chi connectivity index (χ1) is 6.06. The maximum Gasteiger partial charge on any atom is 0.165 e. The molecule has 1 aromatic rings. The molecule has 0 bridgehead atoms. The highest BCUT2D eigenvalue weighted by molar-refractivity contribution is 5.95. The van der Waals surface area contributed by atoms with Crippen LogP contribution in [0.1, 0.15) is 17.3 Å². The van der Waals surface area contributed by atoms with Gasteiger partial charge in [0.1, 0.15) is 11.6 Å².